The molecular weight excluding hydrogens is 865 g/mol. The highest BCUT2D eigenvalue weighted by molar-refractivity contribution is 5.75. The molecule has 0 spiro atoms. The molecule has 68 heavy (non-hydrogen) atoms. The van der Waals surface area contributed by atoms with Gasteiger partial charge in [0.15, 0.2) is 0 Å². The van der Waals surface area contributed by atoms with Crippen LogP contribution in [0.1, 0.15) is 114 Å². The quantitative estimate of drug-likeness (QED) is 0.0753. The van der Waals surface area contributed by atoms with Crippen LogP contribution in [0.15, 0.2) is 146 Å². The van der Waals surface area contributed by atoms with Gasteiger partial charge >= 0.3 is 0 Å². The van der Waals surface area contributed by atoms with Gasteiger partial charge in [-0.25, -0.2) is 0 Å². The van der Waals surface area contributed by atoms with E-state index in [1.165, 1.54) is 12.1 Å². The lowest BCUT2D eigenvalue weighted by atomic mass is 9.74. The van der Waals surface area contributed by atoms with Gasteiger partial charge in [0.05, 0.1) is 11.8 Å². The van der Waals surface area contributed by atoms with Gasteiger partial charge in [-0.2, -0.15) is 0 Å². The van der Waals surface area contributed by atoms with Gasteiger partial charge in [-0.05, 0) is 117 Å². The number of hydrogen-bond acceptors (Lipinski definition) is 12. The largest absolute Gasteiger partial charge is 0.508 e. The summed E-state index contributed by atoms with van der Waals surface area (Å²) < 4.78 is 13.8. The van der Waals surface area contributed by atoms with E-state index in [1.807, 2.05) is 0 Å². The van der Waals surface area contributed by atoms with Crippen molar-refractivity contribution in [1.29, 1.82) is 0 Å². The Morgan fingerprint density at radius 1 is 0.250 bits per heavy atom. The summed E-state index contributed by atoms with van der Waals surface area (Å²) in [6, 6.07) is 38.6. The van der Waals surface area contributed by atoms with Crippen molar-refractivity contribution in [2.45, 2.75) is 47.7 Å². The van der Waals surface area contributed by atoms with Crippen molar-refractivity contribution in [3.63, 3.8) is 0 Å². The molecule has 0 saturated carbocycles. The first kappa shape index (κ1) is 40.8. The summed E-state index contributed by atoms with van der Waals surface area (Å²) in [4.78, 5) is 0. The fraction of sp³-hybridized carbons (Fsp3) is 0.143. The first-order valence-electron chi connectivity index (χ1n) is 22.2. The van der Waals surface area contributed by atoms with Crippen LogP contribution in [0.25, 0.3) is 0 Å². The summed E-state index contributed by atoms with van der Waals surface area (Å²) >= 11 is 0. The van der Waals surface area contributed by atoms with Crippen LogP contribution in [0.4, 0.5) is 0 Å². The van der Waals surface area contributed by atoms with Crippen LogP contribution < -0.4 is 9.47 Å². The smallest absolute Gasteiger partial charge is 0.135 e. The molecule has 10 N–H and O–H groups in total. The normalized spacial score (nSPS) is 22.6. The summed E-state index contributed by atoms with van der Waals surface area (Å²) in [7, 11) is 0. The zero-order valence-corrected chi connectivity index (χ0v) is 35.8. The third-order valence-electron chi connectivity index (χ3n) is 14.4. The van der Waals surface area contributed by atoms with Gasteiger partial charge in [0, 0.05) is 70.2 Å². The number of hydrogen-bond donors (Lipinski definition) is 10. The second-order valence-corrected chi connectivity index (χ2v) is 18.2. The van der Waals surface area contributed by atoms with Crippen molar-refractivity contribution >= 4 is 0 Å². The summed E-state index contributed by atoms with van der Waals surface area (Å²) in [5.41, 5.74) is 7.62. The van der Waals surface area contributed by atoms with Gasteiger partial charge < -0.3 is 60.5 Å². The van der Waals surface area contributed by atoms with Crippen LogP contribution in [-0.4, -0.2) is 51.1 Å². The lowest BCUT2D eigenvalue weighted by molar-refractivity contribution is 0.221. The molecule has 0 saturated heterocycles. The number of phenolic OH excluding ortho intramolecular Hbond substituents is 10. The lowest BCUT2D eigenvalue weighted by Gasteiger charge is -2.27. The van der Waals surface area contributed by atoms with Gasteiger partial charge in [-0.3, -0.25) is 0 Å². The molecular formula is C56H42O12. The molecule has 0 bridgehead atoms. The predicted molar refractivity (Wildman–Crippen MR) is 248 cm³/mol. The number of fused-ring (bicyclic) bond motifs is 9. The summed E-state index contributed by atoms with van der Waals surface area (Å²) in [6.45, 7) is 0. The number of ether oxygens (including phenoxy) is 2. The van der Waals surface area contributed by atoms with E-state index in [-0.39, 0.29) is 57.5 Å². The Labute approximate surface area is 388 Å². The van der Waals surface area contributed by atoms with Crippen molar-refractivity contribution in [2.24, 2.45) is 0 Å². The average Bonchev–Trinajstić information content (AvgIpc) is 4.05. The zero-order valence-electron chi connectivity index (χ0n) is 35.8. The summed E-state index contributed by atoms with van der Waals surface area (Å²) in [5.74, 6) is -4.13. The maximum atomic E-state index is 12.6. The second-order valence-electron chi connectivity index (χ2n) is 18.2. The Hall–Kier alpha value is -8.64. The van der Waals surface area contributed by atoms with E-state index < -0.39 is 47.7 Å². The fourth-order valence-corrected chi connectivity index (χ4v) is 12.0. The minimum Gasteiger partial charge on any atom is -0.508 e. The molecule has 8 aromatic rings. The van der Waals surface area contributed by atoms with Crippen molar-refractivity contribution in [3.8, 4) is 69.0 Å². The van der Waals surface area contributed by atoms with E-state index in [0.29, 0.717) is 67.1 Å². The highest BCUT2D eigenvalue weighted by Gasteiger charge is 2.59. The van der Waals surface area contributed by atoms with Gasteiger partial charge in [0.1, 0.15) is 81.2 Å². The van der Waals surface area contributed by atoms with Crippen LogP contribution in [-0.2, 0) is 0 Å². The lowest BCUT2D eigenvalue weighted by Crippen LogP contribution is -2.15. The molecule has 12 rings (SSSR count). The monoisotopic (exact) mass is 906 g/mol. The molecule has 8 aromatic carbocycles. The summed E-state index contributed by atoms with van der Waals surface area (Å²) in [5, 5.41) is 111. The van der Waals surface area contributed by atoms with Crippen molar-refractivity contribution in [3.05, 3.63) is 212 Å². The van der Waals surface area contributed by atoms with Crippen LogP contribution in [0.3, 0.4) is 0 Å². The van der Waals surface area contributed by atoms with E-state index in [0.717, 1.165) is 11.1 Å². The third-order valence-corrected chi connectivity index (χ3v) is 14.4. The second kappa shape index (κ2) is 14.9. The van der Waals surface area contributed by atoms with E-state index >= 15 is 0 Å². The number of aromatic hydroxyl groups is 10. The number of benzene rings is 8. The molecule has 2 aliphatic carbocycles. The van der Waals surface area contributed by atoms with Gasteiger partial charge in [-0.15, -0.1) is 0 Å². The van der Waals surface area contributed by atoms with E-state index in [1.54, 1.807) is 133 Å². The molecule has 12 heteroatoms. The molecule has 2 heterocycles. The molecule has 0 radical (unpaired) electrons. The maximum absolute atomic E-state index is 12.6. The van der Waals surface area contributed by atoms with Gasteiger partial charge in [0.25, 0.3) is 0 Å². The van der Waals surface area contributed by atoms with E-state index in [4.69, 9.17) is 9.47 Å². The molecule has 2 aliphatic heterocycles. The van der Waals surface area contributed by atoms with Crippen molar-refractivity contribution in [2.75, 3.05) is 0 Å². The molecule has 8 atom stereocenters. The maximum Gasteiger partial charge on any atom is 0.135 e. The summed E-state index contributed by atoms with van der Waals surface area (Å²) in [6.07, 6.45) is -1.58. The molecule has 338 valence electrons. The molecule has 4 aliphatic rings. The Kier molecular flexibility index (Phi) is 8.97. The zero-order chi connectivity index (χ0) is 46.9. The Balaban J connectivity index is 1.19. The molecule has 0 fully saturated rings. The Morgan fingerprint density at radius 2 is 0.544 bits per heavy atom. The molecule has 0 amide bonds. The predicted octanol–water partition coefficient (Wildman–Crippen LogP) is 10.4. The first-order chi connectivity index (χ1) is 32.8. The molecule has 0 aromatic heterocycles. The minimum atomic E-state index is -0.792. The SMILES string of the molecule is Oc1ccc([C@@H]2c3c(O)cc4c(c3[C@@H]3[C@H](c5ccc(O)cc5)c5c(O)cc6c(c5[C@H]23)[C@H](c2cc(O)cc(O)c2)[C@@H](c2ccc(O)cc2)O6)[C@H](c2cc(O)cc(O)c2)[C@H](c2ccc(O)cc2)O4)cc1. The highest BCUT2D eigenvalue weighted by Crippen LogP contribution is 2.74. The van der Waals surface area contributed by atoms with Gasteiger partial charge in [-0.1, -0.05) is 48.5 Å². The van der Waals surface area contributed by atoms with Crippen LogP contribution in [0.5, 0.6) is 69.0 Å². The average molecular weight is 907 g/mol. The van der Waals surface area contributed by atoms with Crippen molar-refractivity contribution in [1.82, 2.24) is 0 Å². The minimum absolute atomic E-state index is 0.0248. The third kappa shape index (κ3) is 6.20. The van der Waals surface area contributed by atoms with Crippen LogP contribution >= 0.6 is 0 Å². The standard InChI is InChI=1S/C56H42O12/c57-31-9-1-25(2-10-31)43-47-39(65)23-41-49(45(29-17-35(61)21-36(62)18-29)55(67-41)27-5-13-33(59)14-6-27)53(47)52-44(26-3-11-32(58)12-4-26)48-40(66)24-42-50(54(48)51(43)52)46(30-19-37(63)22-38(64)20-30)56(68-42)28-7-15-34(60)16-8-28/h1-24,43-46,51-52,55-66H/t43-,44-,45+,46+,51-,52-,55-,56+/m1/s1. The van der Waals surface area contributed by atoms with E-state index in [9.17, 15) is 51.1 Å². The van der Waals surface area contributed by atoms with Crippen LogP contribution in [0, 0.1) is 0 Å². The highest BCUT2D eigenvalue weighted by atomic mass is 16.5. The van der Waals surface area contributed by atoms with Crippen molar-refractivity contribution < 1.29 is 60.5 Å². The fourth-order valence-electron chi connectivity index (χ4n) is 12.0. The van der Waals surface area contributed by atoms with Gasteiger partial charge in [0.2, 0.25) is 0 Å². The van der Waals surface area contributed by atoms with E-state index in [2.05, 4.69) is 0 Å². The van der Waals surface area contributed by atoms with Crippen LogP contribution in [0.2, 0.25) is 0 Å². The Bertz CT molecular complexity index is 3070. The molecule has 12 nitrogen and oxygen atoms in total. The number of phenols is 10. The Morgan fingerprint density at radius 3 is 0.853 bits per heavy atom. The topological polar surface area (TPSA) is 221 Å². The molecule has 0 unspecified atom stereocenters. The number of rotatable bonds is 6. The first-order valence-corrected chi connectivity index (χ1v) is 22.2.